The number of nitrogens with zero attached hydrogens (tertiary/aromatic N) is 1. The lowest BCUT2D eigenvalue weighted by molar-refractivity contribution is 0.101. The van der Waals surface area contributed by atoms with E-state index in [0.717, 1.165) is 11.8 Å². The van der Waals surface area contributed by atoms with Gasteiger partial charge in [0, 0.05) is 0 Å². The monoisotopic (exact) mass is 514 g/mol. The number of nitrogens with one attached hydrogen (secondary N) is 1. The molecule has 3 aromatic carbocycles. The van der Waals surface area contributed by atoms with Crippen LogP contribution in [0.1, 0.15) is 10.4 Å². The van der Waals surface area contributed by atoms with Gasteiger partial charge in [-0.15, -0.1) is 0 Å². The summed E-state index contributed by atoms with van der Waals surface area (Å²) >= 11 is 1.10. The predicted octanol–water partition coefficient (Wildman–Crippen LogP) is 4.63. The largest absolute Gasteiger partial charge is 0.497 e. The minimum Gasteiger partial charge on any atom is -0.497 e. The smallest absolute Gasteiger partial charge is 0.262 e. The van der Waals surface area contributed by atoms with Crippen LogP contribution in [0.4, 0.5) is 5.69 Å². The van der Waals surface area contributed by atoms with Crippen LogP contribution in [-0.4, -0.2) is 46.3 Å². The van der Waals surface area contributed by atoms with Crippen LogP contribution in [0.2, 0.25) is 0 Å². The topological polar surface area (TPSA) is 117 Å². The van der Waals surface area contributed by atoms with Crippen LogP contribution in [0.25, 0.3) is 11.1 Å². The van der Waals surface area contributed by atoms with E-state index in [0.29, 0.717) is 39.6 Å². The zero-order chi connectivity index (χ0) is 25.0. The summed E-state index contributed by atoms with van der Waals surface area (Å²) in [6.45, 7) is 0. The molecule has 0 radical (unpaired) electrons. The number of methoxy groups -OCH3 is 3. The molecule has 4 rings (SSSR count). The highest BCUT2D eigenvalue weighted by atomic mass is 32.2. The fourth-order valence-corrected chi connectivity index (χ4v) is 5.10. The number of Topliss-reactive ketones (excluding diaryl/α,β-unsaturated/α-hetero) is 1. The second kappa shape index (κ2) is 10.3. The van der Waals surface area contributed by atoms with E-state index in [-0.39, 0.29) is 21.7 Å². The van der Waals surface area contributed by atoms with Gasteiger partial charge in [-0.3, -0.25) is 9.52 Å². The maximum Gasteiger partial charge on any atom is 0.262 e. The second-order valence-corrected chi connectivity index (χ2v) is 9.80. The van der Waals surface area contributed by atoms with Crippen LogP contribution in [0.15, 0.2) is 75.2 Å². The van der Waals surface area contributed by atoms with Gasteiger partial charge in [0.25, 0.3) is 15.2 Å². The molecule has 182 valence electrons. The van der Waals surface area contributed by atoms with Crippen molar-refractivity contribution in [2.45, 2.75) is 10.1 Å². The number of aromatic nitrogens is 1. The summed E-state index contributed by atoms with van der Waals surface area (Å²) in [6, 6.07) is 16.0. The van der Waals surface area contributed by atoms with Crippen molar-refractivity contribution in [1.29, 1.82) is 0 Å². The maximum atomic E-state index is 12.9. The van der Waals surface area contributed by atoms with Gasteiger partial charge in [0.15, 0.2) is 11.4 Å². The molecular formula is C24H22N2O7S2. The highest BCUT2D eigenvalue weighted by Gasteiger charge is 2.20. The van der Waals surface area contributed by atoms with Crippen LogP contribution < -0.4 is 18.9 Å². The van der Waals surface area contributed by atoms with Gasteiger partial charge in [0.1, 0.15) is 22.8 Å². The van der Waals surface area contributed by atoms with Gasteiger partial charge in [-0.2, -0.15) is 0 Å². The van der Waals surface area contributed by atoms with Gasteiger partial charge >= 0.3 is 0 Å². The summed E-state index contributed by atoms with van der Waals surface area (Å²) < 4.78 is 49.7. The van der Waals surface area contributed by atoms with Gasteiger partial charge in [-0.25, -0.2) is 13.4 Å². The van der Waals surface area contributed by atoms with Crippen molar-refractivity contribution in [2.75, 3.05) is 31.8 Å². The van der Waals surface area contributed by atoms with E-state index < -0.39 is 10.0 Å². The summed E-state index contributed by atoms with van der Waals surface area (Å²) in [4.78, 5) is 17.1. The molecule has 9 nitrogen and oxygen atoms in total. The first kappa shape index (κ1) is 24.4. The summed E-state index contributed by atoms with van der Waals surface area (Å²) in [7, 11) is 0.563. The number of oxazole rings is 1. The SMILES string of the molecule is COc1ccc(OC)c(C(=O)CSc2nc3cc(S(=O)(=O)Nc4ccccc4OC)ccc3o2)c1. The van der Waals surface area contributed by atoms with Crippen molar-refractivity contribution in [1.82, 2.24) is 4.98 Å². The zero-order valence-electron chi connectivity index (χ0n) is 19.1. The third kappa shape index (κ3) is 5.36. The minimum absolute atomic E-state index is 0.0120. The number of hydrogen-bond donors (Lipinski definition) is 1. The number of rotatable bonds is 10. The average Bonchev–Trinajstić information content (AvgIpc) is 3.29. The van der Waals surface area contributed by atoms with Crippen LogP contribution in [0.3, 0.4) is 0 Å². The number of sulfonamides is 1. The van der Waals surface area contributed by atoms with E-state index in [4.69, 9.17) is 18.6 Å². The predicted molar refractivity (Wildman–Crippen MR) is 132 cm³/mol. The van der Waals surface area contributed by atoms with Gasteiger partial charge in [-0.05, 0) is 48.5 Å². The molecule has 0 saturated carbocycles. The van der Waals surface area contributed by atoms with E-state index in [1.165, 1.54) is 39.5 Å². The average molecular weight is 515 g/mol. The number of hydrogen-bond acceptors (Lipinski definition) is 9. The number of ether oxygens (including phenoxy) is 3. The lowest BCUT2D eigenvalue weighted by atomic mass is 10.1. The molecule has 11 heteroatoms. The third-order valence-corrected chi connectivity index (χ3v) is 7.23. The Labute approximate surface area is 206 Å². The summed E-state index contributed by atoms with van der Waals surface area (Å²) in [5.41, 5.74) is 1.45. The highest BCUT2D eigenvalue weighted by molar-refractivity contribution is 7.99. The molecule has 4 aromatic rings. The molecule has 1 N–H and O–H groups in total. The number of para-hydroxylation sites is 2. The van der Waals surface area contributed by atoms with Crippen molar-refractivity contribution in [3.05, 3.63) is 66.2 Å². The Morgan fingerprint density at radius 3 is 2.49 bits per heavy atom. The minimum atomic E-state index is -3.90. The fourth-order valence-electron chi connectivity index (χ4n) is 3.28. The molecule has 0 atom stereocenters. The Balaban J connectivity index is 1.52. The number of carbonyl (C=O) groups excluding carboxylic acids is 1. The number of carbonyl (C=O) groups is 1. The van der Waals surface area contributed by atoms with E-state index >= 15 is 0 Å². The maximum absolute atomic E-state index is 12.9. The molecule has 0 spiro atoms. The molecule has 0 saturated heterocycles. The molecule has 0 amide bonds. The molecule has 1 aromatic heterocycles. The van der Waals surface area contributed by atoms with Crippen molar-refractivity contribution < 1.29 is 31.8 Å². The molecule has 0 unspecified atom stereocenters. The third-order valence-electron chi connectivity index (χ3n) is 5.03. The fraction of sp³-hybridized carbons (Fsp3) is 0.167. The standard InChI is InChI=1S/C24H22N2O7S2/c1-30-15-8-10-21(31-2)17(12-15)20(27)14-34-24-25-19-13-16(9-11-23(19)33-24)35(28,29)26-18-6-4-5-7-22(18)32-3/h4-13,26H,14H2,1-3H3. The van der Waals surface area contributed by atoms with Gasteiger partial charge in [-0.1, -0.05) is 23.9 Å². The second-order valence-electron chi connectivity index (χ2n) is 7.19. The lowest BCUT2D eigenvalue weighted by Crippen LogP contribution is -2.13. The van der Waals surface area contributed by atoms with Gasteiger partial charge in [0.05, 0.1) is 43.2 Å². The summed E-state index contributed by atoms with van der Waals surface area (Å²) in [5.74, 6) is 1.21. The van der Waals surface area contributed by atoms with Gasteiger partial charge in [0.2, 0.25) is 0 Å². The van der Waals surface area contributed by atoms with Crippen molar-refractivity contribution in [2.24, 2.45) is 0 Å². The normalized spacial score (nSPS) is 11.3. The quantitative estimate of drug-likeness (QED) is 0.239. The summed E-state index contributed by atoms with van der Waals surface area (Å²) in [5, 5.41) is 0.238. The van der Waals surface area contributed by atoms with E-state index in [2.05, 4.69) is 9.71 Å². The first-order valence-electron chi connectivity index (χ1n) is 10.3. The van der Waals surface area contributed by atoms with Gasteiger partial charge < -0.3 is 18.6 Å². The molecule has 0 aliphatic rings. The number of anilines is 1. The summed E-state index contributed by atoms with van der Waals surface area (Å²) in [6.07, 6.45) is 0. The van der Waals surface area contributed by atoms with Crippen LogP contribution >= 0.6 is 11.8 Å². The molecule has 0 aliphatic heterocycles. The van der Waals surface area contributed by atoms with Crippen LogP contribution in [0.5, 0.6) is 17.2 Å². The Morgan fingerprint density at radius 1 is 0.971 bits per heavy atom. The first-order valence-corrected chi connectivity index (χ1v) is 12.8. The van der Waals surface area contributed by atoms with Crippen molar-refractivity contribution in [3.8, 4) is 17.2 Å². The first-order chi connectivity index (χ1) is 16.8. The van der Waals surface area contributed by atoms with Crippen LogP contribution in [0, 0.1) is 0 Å². The molecule has 35 heavy (non-hydrogen) atoms. The number of ketones is 1. The number of benzene rings is 3. The van der Waals surface area contributed by atoms with Crippen molar-refractivity contribution >= 4 is 44.4 Å². The molecule has 0 bridgehead atoms. The zero-order valence-corrected chi connectivity index (χ0v) is 20.7. The lowest BCUT2D eigenvalue weighted by Gasteiger charge is -2.11. The Morgan fingerprint density at radius 2 is 1.74 bits per heavy atom. The molecule has 1 heterocycles. The Bertz CT molecular complexity index is 1480. The molecule has 0 fully saturated rings. The Kier molecular flexibility index (Phi) is 7.17. The number of fused-ring (bicyclic) bond motifs is 1. The molecular weight excluding hydrogens is 492 g/mol. The Hall–Kier alpha value is -3.70. The van der Waals surface area contributed by atoms with E-state index in [9.17, 15) is 13.2 Å². The number of thioether (sulfide) groups is 1. The van der Waals surface area contributed by atoms with Crippen molar-refractivity contribution in [3.63, 3.8) is 0 Å². The van der Waals surface area contributed by atoms with E-state index in [1.54, 1.807) is 42.5 Å². The molecule has 0 aliphatic carbocycles. The highest BCUT2D eigenvalue weighted by Crippen LogP contribution is 2.30. The van der Waals surface area contributed by atoms with Crippen LogP contribution in [-0.2, 0) is 10.0 Å². The van der Waals surface area contributed by atoms with E-state index in [1.807, 2.05) is 0 Å².